The SMILES string of the molecule is Cn1cc(COc2cc(Cl)ccc2/C(N)=N/O)cn1. The molecule has 1 aromatic carbocycles. The summed E-state index contributed by atoms with van der Waals surface area (Å²) in [4.78, 5) is 0. The molecule has 0 saturated carbocycles. The highest BCUT2D eigenvalue weighted by Crippen LogP contribution is 2.24. The van der Waals surface area contributed by atoms with Crippen LogP contribution >= 0.6 is 11.6 Å². The number of oxime groups is 1. The highest BCUT2D eigenvalue weighted by molar-refractivity contribution is 6.30. The number of hydrogen-bond donors (Lipinski definition) is 2. The van der Waals surface area contributed by atoms with E-state index in [0.29, 0.717) is 22.9 Å². The van der Waals surface area contributed by atoms with Gasteiger partial charge in [0.25, 0.3) is 0 Å². The number of ether oxygens (including phenoxy) is 1. The van der Waals surface area contributed by atoms with Gasteiger partial charge in [0.15, 0.2) is 5.84 Å². The van der Waals surface area contributed by atoms with E-state index in [4.69, 9.17) is 27.3 Å². The van der Waals surface area contributed by atoms with Crippen LogP contribution in [0.25, 0.3) is 0 Å². The molecule has 0 fully saturated rings. The molecule has 3 N–H and O–H groups in total. The molecule has 0 unspecified atom stereocenters. The lowest BCUT2D eigenvalue weighted by Crippen LogP contribution is -2.14. The second-order valence-corrected chi connectivity index (χ2v) is 4.37. The standard InChI is InChI=1S/C12H13ClN4O2/c1-17-6-8(5-15-17)7-19-11-4-9(13)2-3-10(11)12(14)16-18/h2-6,18H,7H2,1H3,(H2,14,16). The summed E-state index contributed by atoms with van der Waals surface area (Å²) >= 11 is 5.91. The first-order valence-corrected chi connectivity index (χ1v) is 5.85. The van der Waals surface area contributed by atoms with Gasteiger partial charge in [-0.25, -0.2) is 0 Å². The average molecular weight is 281 g/mol. The van der Waals surface area contributed by atoms with E-state index in [1.54, 1.807) is 29.1 Å². The fourth-order valence-corrected chi connectivity index (χ4v) is 1.75. The molecule has 6 nitrogen and oxygen atoms in total. The fourth-order valence-electron chi connectivity index (χ4n) is 1.59. The first-order chi connectivity index (χ1) is 9.10. The number of nitrogens with zero attached hydrogens (tertiary/aromatic N) is 3. The van der Waals surface area contributed by atoms with E-state index in [9.17, 15) is 0 Å². The zero-order valence-corrected chi connectivity index (χ0v) is 11.0. The van der Waals surface area contributed by atoms with Crippen molar-refractivity contribution in [2.75, 3.05) is 0 Å². The summed E-state index contributed by atoms with van der Waals surface area (Å²) in [6.07, 6.45) is 3.54. The van der Waals surface area contributed by atoms with E-state index in [-0.39, 0.29) is 5.84 Å². The monoisotopic (exact) mass is 280 g/mol. The number of amidine groups is 1. The van der Waals surface area contributed by atoms with Gasteiger partial charge in [0, 0.05) is 23.8 Å². The Balaban J connectivity index is 2.21. The predicted molar refractivity (Wildman–Crippen MR) is 71.5 cm³/mol. The number of hydrogen-bond acceptors (Lipinski definition) is 4. The van der Waals surface area contributed by atoms with Gasteiger partial charge in [-0.15, -0.1) is 0 Å². The third-order valence-electron chi connectivity index (χ3n) is 2.48. The van der Waals surface area contributed by atoms with Gasteiger partial charge >= 0.3 is 0 Å². The summed E-state index contributed by atoms with van der Waals surface area (Å²) in [6.45, 7) is 0.319. The summed E-state index contributed by atoms with van der Waals surface area (Å²) in [7, 11) is 1.82. The molecule has 0 spiro atoms. The van der Waals surface area contributed by atoms with E-state index in [2.05, 4.69) is 10.3 Å². The maximum Gasteiger partial charge on any atom is 0.173 e. The van der Waals surface area contributed by atoms with Gasteiger partial charge < -0.3 is 15.7 Å². The van der Waals surface area contributed by atoms with E-state index >= 15 is 0 Å². The molecule has 2 rings (SSSR count). The van der Waals surface area contributed by atoms with Crippen molar-refractivity contribution < 1.29 is 9.94 Å². The van der Waals surface area contributed by atoms with Crippen molar-refractivity contribution in [1.29, 1.82) is 0 Å². The smallest absolute Gasteiger partial charge is 0.173 e. The molecule has 2 aromatic rings. The molecule has 100 valence electrons. The minimum atomic E-state index is -0.0298. The second kappa shape index (κ2) is 5.62. The summed E-state index contributed by atoms with van der Waals surface area (Å²) in [5.41, 5.74) is 6.97. The lowest BCUT2D eigenvalue weighted by molar-refractivity contribution is 0.303. The van der Waals surface area contributed by atoms with Crippen LogP contribution in [-0.2, 0) is 13.7 Å². The van der Waals surface area contributed by atoms with Crippen molar-refractivity contribution in [2.24, 2.45) is 17.9 Å². The molecule has 1 heterocycles. The summed E-state index contributed by atoms with van der Waals surface area (Å²) in [5, 5.41) is 16.2. The minimum absolute atomic E-state index is 0.0298. The zero-order chi connectivity index (χ0) is 13.8. The molecule has 1 aromatic heterocycles. The van der Waals surface area contributed by atoms with Crippen LogP contribution in [-0.4, -0.2) is 20.8 Å². The number of halogens is 1. The van der Waals surface area contributed by atoms with E-state index < -0.39 is 0 Å². The predicted octanol–water partition coefficient (Wildman–Crippen LogP) is 1.75. The van der Waals surface area contributed by atoms with E-state index in [1.165, 1.54) is 0 Å². The Morgan fingerprint density at radius 3 is 3.00 bits per heavy atom. The van der Waals surface area contributed by atoms with Crippen molar-refractivity contribution in [1.82, 2.24) is 9.78 Å². The van der Waals surface area contributed by atoms with Crippen molar-refractivity contribution >= 4 is 17.4 Å². The number of nitrogens with two attached hydrogens (primary N) is 1. The lowest BCUT2D eigenvalue weighted by Gasteiger charge is -2.10. The van der Waals surface area contributed by atoms with Gasteiger partial charge in [0.05, 0.1) is 11.8 Å². The third-order valence-corrected chi connectivity index (χ3v) is 2.72. The molecule has 0 saturated heterocycles. The Hall–Kier alpha value is -2.21. The minimum Gasteiger partial charge on any atom is -0.488 e. The normalized spacial score (nSPS) is 11.6. The lowest BCUT2D eigenvalue weighted by atomic mass is 10.2. The summed E-state index contributed by atoms with van der Waals surface area (Å²) in [5.74, 6) is 0.421. The molecule has 0 amide bonds. The molecule has 0 aliphatic heterocycles. The Bertz CT molecular complexity index is 610. The molecule has 0 aliphatic carbocycles. The largest absolute Gasteiger partial charge is 0.488 e. The van der Waals surface area contributed by atoms with Crippen LogP contribution in [0, 0.1) is 0 Å². The van der Waals surface area contributed by atoms with Crippen LogP contribution in [0.3, 0.4) is 0 Å². The van der Waals surface area contributed by atoms with Crippen LogP contribution < -0.4 is 10.5 Å². The van der Waals surface area contributed by atoms with E-state index in [0.717, 1.165) is 5.56 Å². The Kier molecular flexibility index (Phi) is 3.91. The molecular formula is C12H13ClN4O2. The Labute approximate surface area is 115 Å². The fraction of sp³-hybridized carbons (Fsp3) is 0.167. The van der Waals surface area contributed by atoms with Crippen molar-refractivity contribution in [3.05, 3.63) is 46.7 Å². The second-order valence-electron chi connectivity index (χ2n) is 3.94. The zero-order valence-electron chi connectivity index (χ0n) is 10.2. The summed E-state index contributed by atoms with van der Waals surface area (Å²) < 4.78 is 7.31. The number of aromatic nitrogens is 2. The van der Waals surface area contributed by atoms with Crippen LogP contribution in [0.1, 0.15) is 11.1 Å². The molecule has 0 radical (unpaired) electrons. The van der Waals surface area contributed by atoms with Gasteiger partial charge in [-0.1, -0.05) is 16.8 Å². The first-order valence-electron chi connectivity index (χ1n) is 5.48. The summed E-state index contributed by atoms with van der Waals surface area (Å²) in [6, 6.07) is 4.90. The van der Waals surface area contributed by atoms with Crippen LogP contribution in [0.4, 0.5) is 0 Å². The highest BCUT2D eigenvalue weighted by atomic mass is 35.5. The van der Waals surface area contributed by atoms with Crippen LogP contribution in [0.2, 0.25) is 5.02 Å². The van der Waals surface area contributed by atoms with Crippen molar-refractivity contribution in [3.8, 4) is 5.75 Å². The first kappa shape index (κ1) is 13.2. The van der Waals surface area contributed by atoms with Gasteiger partial charge in [-0.3, -0.25) is 4.68 Å². The quantitative estimate of drug-likeness (QED) is 0.387. The molecule has 7 heteroatoms. The van der Waals surface area contributed by atoms with Crippen molar-refractivity contribution in [2.45, 2.75) is 6.61 Å². The molecular weight excluding hydrogens is 268 g/mol. The number of aryl methyl sites for hydroxylation is 1. The van der Waals surface area contributed by atoms with Gasteiger partial charge in [0.2, 0.25) is 0 Å². The number of rotatable bonds is 4. The molecule has 0 aliphatic rings. The maximum absolute atomic E-state index is 8.73. The maximum atomic E-state index is 8.73. The van der Waals surface area contributed by atoms with E-state index in [1.807, 2.05) is 13.2 Å². The van der Waals surface area contributed by atoms with Crippen molar-refractivity contribution in [3.63, 3.8) is 0 Å². The van der Waals surface area contributed by atoms with Crippen LogP contribution in [0.15, 0.2) is 35.7 Å². The number of benzene rings is 1. The van der Waals surface area contributed by atoms with Gasteiger partial charge in [-0.05, 0) is 18.2 Å². The third kappa shape index (κ3) is 3.17. The Morgan fingerprint density at radius 1 is 1.58 bits per heavy atom. The Morgan fingerprint density at radius 2 is 2.37 bits per heavy atom. The topological polar surface area (TPSA) is 85.7 Å². The van der Waals surface area contributed by atoms with Gasteiger partial charge in [0.1, 0.15) is 12.4 Å². The van der Waals surface area contributed by atoms with Crippen LogP contribution in [0.5, 0.6) is 5.75 Å². The molecule has 0 atom stereocenters. The molecule has 0 bridgehead atoms. The van der Waals surface area contributed by atoms with Gasteiger partial charge in [-0.2, -0.15) is 5.10 Å². The highest BCUT2D eigenvalue weighted by Gasteiger charge is 2.10. The molecule has 19 heavy (non-hydrogen) atoms. The average Bonchev–Trinajstić information content (AvgIpc) is 2.81.